The van der Waals surface area contributed by atoms with Gasteiger partial charge in [0.15, 0.2) is 0 Å². The van der Waals surface area contributed by atoms with Gasteiger partial charge in [0.1, 0.15) is 0 Å². The minimum Gasteiger partial charge on any atom is -0.211 e. The number of nitrogens with one attached hydrogen (secondary N) is 1. The Bertz CT molecular complexity index is 459. The van der Waals surface area contributed by atoms with Crippen LogP contribution in [0.1, 0.15) is 25.8 Å². The third-order valence-electron chi connectivity index (χ3n) is 2.48. The maximum absolute atomic E-state index is 12.0. The molecule has 0 fully saturated rings. The smallest absolute Gasteiger partial charge is 0.211 e. The Morgan fingerprint density at radius 1 is 1.29 bits per heavy atom. The van der Waals surface area contributed by atoms with Crippen LogP contribution in [-0.2, 0) is 16.4 Å². The third kappa shape index (κ3) is 3.98. The fraction of sp³-hybridized carbons (Fsp3) is 0.500. The van der Waals surface area contributed by atoms with E-state index in [1.165, 1.54) is 0 Å². The van der Waals surface area contributed by atoms with E-state index in [1.54, 1.807) is 19.1 Å². The van der Waals surface area contributed by atoms with Crippen LogP contribution in [-0.4, -0.2) is 20.3 Å². The van der Waals surface area contributed by atoms with Crippen LogP contribution in [0.5, 0.6) is 0 Å². The van der Waals surface area contributed by atoms with Gasteiger partial charge >= 0.3 is 0 Å². The fourth-order valence-corrected chi connectivity index (χ4v) is 3.04. The van der Waals surface area contributed by atoms with Crippen molar-refractivity contribution in [1.82, 2.24) is 4.72 Å². The largest absolute Gasteiger partial charge is 0.240 e. The average Bonchev–Trinajstić information content (AvgIpc) is 2.29. The zero-order chi connectivity index (χ0) is 12.9. The Morgan fingerprint density at radius 2 is 1.94 bits per heavy atom. The van der Waals surface area contributed by atoms with Gasteiger partial charge in [-0.2, -0.15) is 0 Å². The Kier molecular flexibility index (Phi) is 5.43. The number of sulfonamides is 1. The molecule has 0 bridgehead atoms. The summed E-state index contributed by atoms with van der Waals surface area (Å²) in [7, 11) is -3.40. The number of hydrogen-bond acceptors (Lipinski definition) is 2. The molecule has 0 aliphatic heterocycles. The number of hydrogen-bond donors (Lipinski definition) is 1. The van der Waals surface area contributed by atoms with E-state index in [0.29, 0.717) is 17.9 Å². The van der Waals surface area contributed by atoms with Crippen LogP contribution in [0.3, 0.4) is 0 Å². The minimum absolute atomic E-state index is 0.0343. The van der Waals surface area contributed by atoms with Crippen molar-refractivity contribution in [1.29, 1.82) is 0 Å². The summed E-state index contributed by atoms with van der Waals surface area (Å²) in [5, 5.41) is -0.0343. The quantitative estimate of drug-likeness (QED) is 0.811. The van der Waals surface area contributed by atoms with Gasteiger partial charge < -0.3 is 0 Å². The molecule has 0 radical (unpaired) electrons. The summed E-state index contributed by atoms with van der Waals surface area (Å²) in [4.78, 5) is 0.334. The molecule has 1 aromatic carbocycles. The number of benzene rings is 1. The Labute approximate surface area is 108 Å². The van der Waals surface area contributed by atoms with Gasteiger partial charge in [-0.25, -0.2) is 13.1 Å². The first-order valence-electron chi connectivity index (χ1n) is 5.72. The second kappa shape index (κ2) is 6.38. The normalized spacial score (nSPS) is 13.6. The summed E-state index contributed by atoms with van der Waals surface area (Å²) in [5.74, 6) is 0. The van der Waals surface area contributed by atoms with Gasteiger partial charge in [0.25, 0.3) is 0 Å². The van der Waals surface area contributed by atoms with Crippen molar-refractivity contribution >= 4 is 21.6 Å². The summed E-state index contributed by atoms with van der Waals surface area (Å²) >= 11 is 6.08. The summed E-state index contributed by atoms with van der Waals surface area (Å²) in [6.07, 6.45) is 1.38. The van der Waals surface area contributed by atoms with Crippen molar-refractivity contribution in [2.24, 2.45) is 0 Å². The van der Waals surface area contributed by atoms with E-state index in [0.717, 1.165) is 12.0 Å². The monoisotopic (exact) mass is 275 g/mol. The Morgan fingerprint density at radius 3 is 2.53 bits per heavy atom. The predicted octanol–water partition coefficient (Wildman–Crippen LogP) is 2.54. The molecule has 0 aliphatic carbocycles. The van der Waals surface area contributed by atoms with Crippen LogP contribution in [0.15, 0.2) is 29.2 Å². The number of halogens is 1. The van der Waals surface area contributed by atoms with Gasteiger partial charge in [-0.15, -0.1) is 11.6 Å². The Balaban J connectivity index is 3.08. The molecule has 0 amide bonds. The molecule has 1 atom stereocenters. The maximum Gasteiger partial charge on any atom is 0.240 e. The van der Waals surface area contributed by atoms with Crippen LogP contribution in [0.4, 0.5) is 0 Å². The highest BCUT2D eigenvalue weighted by atomic mass is 35.5. The lowest BCUT2D eigenvalue weighted by Crippen LogP contribution is -2.24. The van der Waals surface area contributed by atoms with E-state index in [-0.39, 0.29) is 5.38 Å². The first kappa shape index (κ1) is 14.5. The second-order valence-corrected chi connectivity index (χ2v) is 6.17. The van der Waals surface area contributed by atoms with E-state index >= 15 is 0 Å². The molecule has 1 rings (SSSR count). The van der Waals surface area contributed by atoms with E-state index in [2.05, 4.69) is 4.72 Å². The van der Waals surface area contributed by atoms with E-state index in [1.807, 2.05) is 19.1 Å². The van der Waals surface area contributed by atoms with Crippen molar-refractivity contribution in [3.05, 3.63) is 29.8 Å². The fourth-order valence-electron chi connectivity index (χ4n) is 1.59. The highest BCUT2D eigenvalue weighted by molar-refractivity contribution is 7.89. The van der Waals surface area contributed by atoms with Crippen molar-refractivity contribution in [2.45, 2.75) is 37.0 Å². The van der Waals surface area contributed by atoms with Gasteiger partial charge in [0.2, 0.25) is 10.0 Å². The maximum atomic E-state index is 12.0. The molecule has 17 heavy (non-hydrogen) atoms. The number of alkyl halides is 1. The summed E-state index contributed by atoms with van der Waals surface area (Å²) < 4.78 is 26.4. The van der Waals surface area contributed by atoms with Crippen molar-refractivity contribution in [2.75, 3.05) is 6.54 Å². The van der Waals surface area contributed by atoms with Crippen LogP contribution < -0.4 is 4.72 Å². The zero-order valence-corrected chi connectivity index (χ0v) is 11.7. The van der Waals surface area contributed by atoms with Gasteiger partial charge in [0.05, 0.1) is 4.90 Å². The first-order chi connectivity index (χ1) is 8.01. The lowest BCUT2D eigenvalue weighted by atomic mass is 10.1. The molecule has 1 N–H and O–H groups in total. The van der Waals surface area contributed by atoms with Gasteiger partial charge in [0, 0.05) is 11.9 Å². The topological polar surface area (TPSA) is 46.2 Å². The molecule has 5 heteroatoms. The van der Waals surface area contributed by atoms with Crippen molar-refractivity contribution in [3.63, 3.8) is 0 Å². The lowest BCUT2D eigenvalue weighted by molar-refractivity contribution is 0.582. The molecular formula is C12H18ClNO2S. The van der Waals surface area contributed by atoms with Gasteiger partial charge in [-0.3, -0.25) is 0 Å². The average molecular weight is 276 g/mol. The van der Waals surface area contributed by atoms with E-state index in [9.17, 15) is 8.42 Å². The van der Waals surface area contributed by atoms with E-state index < -0.39 is 10.0 Å². The highest BCUT2D eigenvalue weighted by Gasteiger charge is 2.18. The van der Waals surface area contributed by atoms with Crippen LogP contribution in [0.2, 0.25) is 0 Å². The molecule has 0 spiro atoms. The lowest BCUT2D eigenvalue weighted by Gasteiger charge is -2.12. The van der Waals surface area contributed by atoms with E-state index in [4.69, 9.17) is 11.6 Å². The summed E-state index contributed by atoms with van der Waals surface area (Å²) in [6, 6.07) is 6.99. The predicted molar refractivity (Wildman–Crippen MR) is 70.9 cm³/mol. The van der Waals surface area contributed by atoms with Crippen LogP contribution in [0, 0.1) is 0 Å². The van der Waals surface area contributed by atoms with Gasteiger partial charge in [-0.05, 0) is 24.5 Å². The molecule has 1 unspecified atom stereocenters. The second-order valence-electron chi connectivity index (χ2n) is 3.82. The molecule has 0 saturated heterocycles. The molecular weight excluding hydrogens is 258 g/mol. The molecule has 0 heterocycles. The van der Waals surface area contributed by atoms with Crippen LogP contribution in [0.25, 0.3) is 0 Å². The molecule has 96 valence electrons. The Hall–Kier alpha value is -0.580. The molecule has 0 aromatic heterocycles. The molecule has 1 aromatic rings. The molecule has 0 saturated carbocycles. The van der Waals surface area contributed by atoms with Crippen LogP contribution >= 0.6 is 11.6 Å². The molecule has 0 aliphatic rings. The van der Waals surface area contributed by atoms with Crippen molar-refractivity contribution < 1.29 is 8.42 Å². The third-order valence-corrected chi connectivity index (χ3v) is 4.59. The zero-order valence-electron chi connectivity index (χ0n) is 10.1. The van der Waals surface area contributed by atoms with Crippen molar-refractivity contribution in [3.8, 4) is 0 Å². The minimum atomic E-state index is -3.40. The SMILES string of the molecule is CCNS(=O)(=O)c1ccccc1CC(Cl)CC. The highest BCUT2D eigenvalue weighted by Crippen LogP contribution is 2.19. The standard InChI is InChI=1S/C12H18ClNO2S/c1-3-11(13)9-10-7-5-6-8-12(10)17(15,16)14-4-2/h5-8,11,14H,3-4,9H2,1-2H3. The first-order valence-corrected chi connectivity index (χ1v) is 7.64. The van der Waals surface area contributed by atoms with Gasteiger partial charge in [-0.1, -0.05) is 32.0 Å². The summed E-state index contributed by atoms with van der Waals surface area (Å²) in [6.45, 7) is 4.13. The number of rotatable bonds is 6. The summed E-state index contributed by atoms with van der Waals surface area (Å²) in [5.41, 5.74) is 0.773. The molecule has 3 nitrogen and oxygen atoms in total.